The first-order valence-corrected chi connectivity index (χ1v) is 22.0. The van der Waals surface area contributed by atoms with Crippen molar-refractivity contribution in [1.29, 1.82) is 0 Å². The smallest absolute Gasteiger partial charge is 0.128 e. The van der Waals surface area contributed by atoms with Gasteiger partial charge in [-0.25, -0.2) is 4.98 Å². The van der Waals surface area contributed by atoms with Gasteiger partial charge in [0, 0.05) is 33.9 Å². The van der Waals surface area contributed by atoms with Gasteiger partial charge in [0.2, 0.25) is 0 Å². The third kappa shape index (κ3) is 7.08. The highest BCUT2D eigenvalue weighted by Gasteiger charge is 2.26. The molecule has 3 nitrogen and oxygen atoms in total. The summed E-state index contributed by atoms with van der Waals surface area (Å²) in [4.78, 5) is 10.6. The van der Waals surface area contributed by atoms with Crippen LogP contribution in [-0.4, -0.2) is 24.4 Å². The number of aromatic hydroxyl groups is 1. The summed E-state index contributed by atoms with van der Waals surface area (Å²) in [6.45, 7) is 27.1. The quantitative estimate of drug-likeness (QED) is 0.144. The summed E-state index contributed by atoms with van der Waals surface area (Å²) in [6.07, 6.45) is 1.85. The summed E-state index contributed by atoms with van der Waals surface area (Å²) >= 11 is 1.73. The summed E-state index contributed by atoms with van der Waals surface area (Å²) in [5.74, 6) is 0.288. The molecule has 0 unspecified atom stereocenters. The van der Waals surface area contributed by atoms with Crippen molar-refractivity contribution < 1.29 is 5.11 Å². The highest BCUT2D eigenvalue weighted by Crippen LogP contribution is 2.44. The van der Waals surface area contributed by atoms with Crippen LogP contribution in [0.25, 0.3) is 42.7 Å². The molecule has 0 spiro atoms. The zero-order valence-electron chi connectivity index (χ0n) is 31.9. The maximum atomic E-state index is 11.6. The van der Waals surface area contributed by atoms with Crippen LogP contribution in [0.15, 0.2) is 89.9 Å². The molecule has 1 aromatic heterocycles. The third-order valence-corrected chi connectivity index (χ3v) is 12.8. The zero-order chi connectivity index (χ0) is 36.4. The Morgan fingerprint density at radius 3 is 1.96 bits per heavy atom. The molecule has 0 aliphatic carbocycles. The van der Waals surface area contributed by atoms with Crippen LogP contribution in [0.3, 0.4) is 0 Å². The van der Waals surface area contributed by atoms with Gasteiger partial charge in [-0.2, -0.15) is 0 Å². The second-order valence-electron chi connectivity index (χ2n) is 17.9. The first kappa shape index (κ1) is 35.8. The van der Waals surface area contributed by atoms with Crippen LogP contribution < -0.4 is 5.19 Å². The van der Waals surface area contributed by atoms with Crippen LogP contribution in [-0.2, 0) is 16.2 Å². The molecule has 0 saturated heterocycles. The number of benzene rings is 5. The number of phenolic OH excluding ortho intramolecular Hbond substituents is 1. The van der Waals surface area contributed by atoms with Crippen molar-refractivity contribution in [3.05, 3.63) is 107 Å². The second-order valence-corrected chi connectivity index (χ2v) is 24.0. The Morgan fingerprint density at radius 1 is 0.700 bits per heavy atom. The number of aliphatic imine (C=N–C) groups is 1. The average Bonchev–Trinajstić information content (AvgIpc) is 3.46. The standard InChI is InChI=1S/C45H52N2OSSi/c1-43(2,3)31-23-30(41(48)37(25-31)45(7,8)9)27-46-39-34-16-14-13-15-28(34)19-22-35(39)42-47-40-36(24-32(44(4,5)6)26-38(40)49-42)29-17-20-33(21-18-29)50(10,11)12/h13-27,48H,1-12H3. The van der Waals surface area contributed by atoms with Crippen LogP contribution >= 0.6 is 11.3 Å². The minimum atomic E-state index is -1.42. The van der Waals surface area contributed by atoms with Crippen molar-refractivity contribution >= 4 is 57.5 Å². The molecular formula is C45H52N2OSSi. The molecule has 6 aromatic rings. The zero-order valence-corrected chi connectivity index (χ0v) is 33.7. The van der Waals surface area contributed by atoms with E-state index in [-0.39, 0.29) is 22.0 Å². The van der Waals surface area contributed by atoms with E-state index >= 15 is 0 Å². The SMILES string of the molecule is CC(C)(C)c1cc(C=Nc2c(-c3nc4c(-c5ccc([Si](C)(C)C)cc5)cc(C(C)(C)C)cc4s3)ccc3ccccc23)c(O)c(C(C)(C)C)c1. The Kier molecular flexibility index (Phi) is 9.02. The van der Waals surface area contributed by atoms with Crippen molar-refractivity contribution in [3.63, 3.8) is 0 Å². The molecule has 258 valence electrons. The highest BCUT2D eigenvalue weighted by molar-refractivity contribution is 7.21. The summed E-state index contributed by atoms with van der Waals surface area (Å²) in [7, 11) is -1.42. The van der Waals surface area contributed by atoms with Crippen molar-refractivity contribution in [2.24, 2.45) is 4.99 Å². The van der Waals surface area contributed by atoms with E-state index in [1.807, 2.05) is 6.21 Å². The topological polar surface area (TPSA) is 45.5 Å². The Morgan fingerprint density at radius 2 is 1.34 bits per heavy atom. The van der Waals surface area contributed by atoms with Crippen molar-refractivity contribution in [2.75, 3.05) is 0 Å². The first-order chi connectivity index (χ1) is 23.2. The number of phenols is 1. The van der Waals surface area contributed by atoms with Gasteiger partial charge in [-0.05, 0) is 62.6 Å². The molecule has 6 rings (SSSR count). The molecule has 5 aromatic carbocycles. The van der Waals surface area contributed by atoms with E-state index in [1.165, 1.54) is 32.1 Å². The Bertz CT molecular complexity index is 2250. The molecule has 0 aliphatic rings. The summed E-state index contributed by atoms with van der Waals surface area (Å²) in [5.41, 5.74) is 9.03. The number of fused-ring (bicyclic) bond motifs is 2. The second kappa shape index (κ2) is 12.6. The van der Waals surface area contributed by atoms with Gasteiger partial charge in [-0.1, -0.05) is 148 Å². The van der Waals surface area contributed by atoms with Crippen LogP contribution in [0.4, 0.5) is 5.69 Å². The van der Waals surface area contributed by atoms with Gasteiger partial charge in [0.25, 0.3) is 0 Å². The number of rotatable bonds is 5. The van der Waals surface area contributed by atoms with E-state index in [9.17, 15) is 5.11 Å². The van der Waals surface area contributed by atoms with Gasteiger partial charge >= 0.3 is 0 Å². The maximum Gasteiger partial charge on any atom is 0.128 e. The monoisotopic (exact) mass is 696 g/mol. The number of thiazole rings is 1. The van der Waals surface area contributed by atoms with Crippen molar-refractivity contribution in [3.8, 4) is 27.4 Å². The summed E-state index contributed by atoms with van der Waals surface area (Å²) in [5, 5.41) is 16.1. The summed E-state index contributed by atoms with van der Waals surface area (Å²) in [6, 6.07) is 30.8. The molecule has 50 heavy (non-hydrogen) atoms. The number of hydrogen-bond donors (Lipinski definition) is 1. The number of hydrogen-bond acceptors (Lipinski definition) is 4. The van der Waals surface area contributed by atoms with E-state index in [2.05, 4.69) is 167 Å². The lowest BCUT2D eigenvalue weighted by molar-refractivity contribution is 0.444. The van der Waals surface area contributed by atoms with Crippen LogP contribution in [0.2, 0.25) is 19.6 Å². The predicted molar refractivity (Wildman–Crippen MR) is 222 cm³/mol. The molecule has 0 bridgehead atoms. The van der Waals surface area contributed by atoms with E-state index in [0.29, 0.717) is 0 Å². The molecule has 0 amide bonds. The van der Waals surface area contributed by atoms with Gasteiger partial charge < -0.3 is 5.11 Å². The first-order valence-electron chi connectivity index (χ1n) is 17.7. The lowest BCUT2D eigenvalue weighted by atomic mass is 9.79. The summed E-state index contributed by atoms with van der Waals surface area (Å²) < 4.78 is 1.17. The average molecular weight is 697 g/mol. The Labute approximate surface area is 304 Å². The molecule has 0 radical (unpaired) electrons. The van der Waals surface area contributed by atoms with E-state index in [4.69, 9.17) is 9.98 Å². The third-order valence-electron chi connectivity index (χ3n) is 9.70. The number of aromatic nitrogens is 1. The molecule has 1 N–H and O–H groups in total. The highest BCUT2D eigenvalue weighted by atomic mass is 32.1. The molecule has 0 atom stereocenters. The molecule has 1 heterocycles. The van der Waals surface area contributed by atoms with E-state index in [1.54, 1.807) is 11.3 Å². The molecule has 0 saturated carbocycles. The van der Waals surface area contributed by atoms with Gasteiger partial charge in [0.1, 0.15) is 10.8 Å². The predicted octanol–water partition coefficient (Wildman–Crippen LogP) is 12.7. The molecule has 0 fully saturated rings. The van der Waals surface area contributed by atoms with Crippen LogP contribution in [0, 0.1) is 0 Å². The van der Waals surface area contributed by atoms with E-state index in [0.717, 1.165) is 43.7 Å². The van der Waals surface area contributed by atoms with Crippen molar-refractivity contribution in [1.82, 2.24) is 4.98 Å². The molecule has 0 aliphatic heterocycles. The lowest BCUT2D eigenvalue weighted by Crippen LogP contribution is -2.37. The van der Waals surface area contributed by atoms with E-state index < -0.39 is 8.07 Å². The largest absolute Gasteiger partial charge is 0.507 e. The minimum absolute atomic E-state index is 0.0146. The lowest BCUT2D eigenvalue weighted by Gasteiger charge is -2.27. The maximum absolute atomic E-state index is 11.6. The minimum Gasteiger partial charge on any atom is -0.507 e. The van der Waals surface area contributed by atoms with Crippen molar-refractivity contribution in [2.45, 2.75) is 98.2 Å². The van der Waals surface area contributed by atoms with Crippen LogP contribution in [0.5, 0.6) is 5.75 Å². The Hall–Kier alpha value is -4.06. The molecule has 5 heteroatoms. The fourth-order valence-electron chi connectivity index (χ4n) is 6.41. The fraction of sp³-hybridized carbons (Fsp3) is 0.333. The van der Waals surface area contributed by atoms with Gasteiger partial charge in [-0.3, -0.25) is 4.99 Å². The van der Waals surface area contributed by atoms with Gasteiger partial charge in [0.15, 0.2) is 0 Å². The Balaban J connectivity index is 1.57. The fourth-order valence-corrected chi connectivity index (χ4v) is 8.63. The van der Waals surface area contributed by atoms with Gasteiger partial charge in [0.05, 0.1) is 24.0 Å². The molecular weight excluding hydrogens is 645 g/mol. The van der Waals surface area contributed by atoms with Gasteiger partial charge in [-0.15, -0.1) is 11.3 Å². The normalized spacial score (nSPS) is 13.2. The number of nitrogens with zero attached hydrogens (tertiary/aromatic N) is 2. The van der Waals surface area contributed by atoms with Crippen LogP contribution in [0.1, 0.15) is 84.6 Å².